The summed E-state index contributed by atoms with van der Waals surface area (Å²) in [6.45, 7) is 0. The van der Waals surface area contributed by atoms with Crippen LogP contribution in [0.1, 0.15) is 32.1 Å². The molecule has 2 fully saturated rings. The molecule has 0 aromatic heterocycles. The summed E-state index contributed by atoms with van der Waals surface area (Å²) in [7, 11) is 1.86. The van der Waals surface area contributed by atoms with Crippen molar-refractivity contribution in [3.63, 3.8) is 0 Å². The molecule has 0 radical (unpaired) electrons. The van der Waals surface area contributed by atoms with Crippen molar-refractivity contribution in [3.8, 4) is 0 Å². The molecule has 2 rings (SSSR count). The van der Waals surface area contributed by atoms with Crippen LogP contribution in [-0.4, -0.2) is 36.6 Å². The topological polar surface area (TPSA) is 36.4 Å². The largest absolute Gasteiger partial charge is 0.354 e. The van der Waals surface area contributed by atoms with E-state index in [0.29, 0.717) is 12.1 Å². The van der Waals surface area contributed by atoms with Crippen LogP contribution in [0.4, 0.5) is 0 Å². The van der Waals surface area contributed by atoms with E-state index in [0.717, 1.165) is 11.2 Å². The smallest absolute Gasteiger partial charge is 0.191 e. The lowest BCUT2D eigenvalue weighted by atomic mass is 10.2. The molecule has 86 valence electrons. The van der Waals surface area contributed by atoms with Gasteiger partial charge in [0, 0.05) is 24.4 Å². The second-order valence-corrected chi connectivity index (χ2v) is 5.64. The van der Waals surface area contributed by atoms with Gasteiger partial charge in [-0.15, -0.1) is 0 Å². The molecule has 2 saturated carbocycles. The average Bonchev–Trinajstić information content (AvgIpc) is 2.95. The number of hydrogen-bond donors (Lipinski definition) is 2. The molecule has 0 spiro atoms. The first-order chi connectivity index (χ1) is 7.31. The van der Waals surface area contributed by atoms with Crippen LogP contribution < -0.4 is 10.6 Å². The first kappa shape index (κ1) is 11.1. The molecular formula is C11H21N3S. The van der Waals surface area contributed by atoms with E-state index in [1.165, 1.54) is 32.1 Å². The number of aliphatic imine (C=N–C) groups is 1. The average molecular weight is 227 g/mol. The Morgan fingerprint density at radius 2 is 1.80 bits per heavy atom. The van der Waals surface area contributed by atoms with E-state index in [9.17, 15) is 0 Å². The molecule has 2 atom stereocenters. The van der Waals surface area contributed by atoms with Crippen molar-refractivity contribution in [2.24, 2.45) is 4.99 Å². The number of nitrogens with zero attached hydrogens (tertiary/aromatic N) is 1. The summed E-state index contributed by atoms with van der Waals surface area (Å²) in [6, 6.07) is 1.32. The van der Waals surface area contributed by atoms with E-state index in [1.807, 2.05) is 18.8 Å². The van der Waals surface area contributed by atoms with Gasteiger partial charge in [0.15, 0.2) is 5.96 Å². The van der Waals surface area contributed by atoms with E-state index >= 15 is 0 Å². The number of guanidine groups is 1. The molecule has 2 aliphatic rings. The molecule has 4 heteroatoms. The zero-order chi connectivity index (χ0) is 10.7. The summed E-state index contributed by atoms with van der Waals surface area (Å²) >= 11 is 2.00. The van der Waals surface area contributed by atoms with Crippen molar-refractivity contribution >= 4 is 17.7 Å². The van der Waals surface area contributed by atoms with E-state index in [-0.39, 0.29) is 0 Å². The number of nitrogens with one attached hydrogen (secondary N) is 2. The minimum absolute atomic E-state index is 0.632. The van der Waals surface area contributed by atoms with Gasteiger partial charge in [0.1, 0.15) is 0 Å². The minimum Gasteiger partial charge on any atom is -0.354 e. The quantitative estimate of drug-likeness (QED) is 0.568. The summed E-state index contributed by atoms with van der Waals surface area (Å²) in [6.07, 6.45) is 8.74. The van der Waals surface area contributed by atoms with Crippen molar-refractivity contribution in [2.75, 3.05) is 13.3 Å². The first-order valence-corrected chi connectivity index (χ1v) is 7.13. The molecule has 0 saturated heterocycles. The van der Waals surface area contributed by atoms with Gasteiger partial charge in [0.25, 0.3) is 0 Å². The number of thioether (sulfide) groups is 1. The molecule has 0 aromatic carbocycles. The van der Waals surface area contributed by atoms with Gasteiger partial charge >= 0.3 is 0 Å². The zero-order valence-electron chi connectivity index (χ0n) is 9.62. The van der Waals surface area contributed by atoms with Crippen LogP contribution in [0.15, 0.2) is 4.99 Å². The maximum Gasteiger partial charge on any atom is 0.191 e. The Hall–Kier alpha value is -0.380. The Kier molecular flexibility index (Phi) is 3.78. The maximum absolute atomic E-state index is 4.27. The molecule has 0 aliphatic heterocycles. The normalized spacial score (nSPS) is 31.7. The predicted octanol–water partition coefficient (Wildman–Crippen LogP) is 1.60. The highest BCUT2D eigenvalue weighted by Crippen LogP contribution is 2.28. The molecule has 0 bridgehead atoms. The molecule has 2 aliphatic carbocycles. The Bertz CT molecular complexity index is 238. The monoisotopic (exact) mass is 227 g/mol. The Morgan fingerprint density at radius 1 is 1.13 bits per heavy atom. The van der Waals surface area contributed by atoms with Gasteiger partial charge < -0.3 is 10.6 Å². The Labute approximate surface area is 96.5 Å². The summed E-state index contributed by atoms with van der Waals surface area (Å²) in [5.41, 5.74) is 0. The van der Waals surface area contributed by atoms with Crippen LogP contribution >= 0.6 is 11.8 Å². The van der Waals surface area contributed by atoms with Crippen LogP contribution in [0.5, 0.6) is 0 Å². The lowest BCUT2D eigenvalue weighted by molar-refractivity contribution is 0.614. The van der Waals surface area contributed by atoms with Crippen molar-refractivity contribution in [2.45, 2.75) is 49.4 Å². The number of hydrogen-bond acceptors (Lipinski definition) is 2. The van der Waals surface area contributed by atoms with Crippen molar-refractivity contribution in [1.29, 1.82) is 0 Å². The van der Waals surface area contributed by atoms with E-state index < -0.39 is 0 Å². The molecule has 0 heterocycles. The van der Waals surface area contributed by atoms with Crippen molar-refractivity contribution in [3.05, 3.63) is 0 Å². The van der Waals surface area contributed by atoms with Gasteiger partial charge in [-0.1, -0.05) is 0 Å². The van der Waals surface area contributed by atoms with Crippen LogP contribution in [0.3, 0.4) is 0 Å². The fraction of sp³-hybridized carbons (Fsp3) is 0.909. The highest BCUT2D eigenvalue weighted by atomic mass is 32.2. The molecule has 2 N–H and O–H groups in total. The van der Waals surface area contributed by atoms with Gasteiger partial charge in [0.05, 0.1) is 0 Å². The lowest BCUT2D eigenvalue weighted by Crippen LogP contribution is -2.43. The third-order valence-corrected chi connectivity index (χ3v) is 4.30. The second-order valence-electron chi connectivity index (χ2n) is 4.50. The first-order valence-electron chi connectivity index (χ1n) is 5.84. The summed E-state index contributed by atoms with van der Waals surface area (Å²) in [4.78, 5) is 4.27. The van der Waals surface area contributed by atoms with E-state index in [1.54, 1.807) is 0 Å². The Balaban J connectivity index is 1.74. The van der Waals surface area contributed by atoms with E-state index in [4.69, 9.17) is 0 Å². The summed E-state index contributed by atoms with van der Waals surface area (Å²) in [5.74, 6) is 1.00. The summed E-state index contributed by atoms with van der Waals surface area (Å²) in [5, 5.41) is 7.81. The van der Waals surface area contributed by atoms with Gasteiger partial charge in [-0.3, -0.25) is 4.99 Å². The highest BCUT2D eigenvalue weighted by molar-refractivity contribution is 7.99. The molecule has 3 nitrogen and oxygen atoms in total. The predicted molar refractivity (Wildman–Crippen MR) is 67.6 cm³/mol. The van der Waals surface area contributed by atoms with Crippen LogP contribution in [-0.2, 0) is 0 Å². The van der Waals surface area contributed by atoms with Crippen molar-refractivity contribution in [1.82, 2.24) is 10.6 Å². The van der Waals surface area contributed by atoms with Gasteiger partial charge in [0.2, 0.25) is 0 Å². The standard InChI is InChI=1S/C11H21N3S/c1-12-11(13-8-3-4-8)14-9-5-6-10(7-9)15-2/h8-10H,3-7H2,1-2H3,(H2,12,13,14). The van der Waals surface area contributed by atoms with Crippen molar-refractivity contribution < 1.29 is 0 Å². The third kappa shape index (κ3) is 3.30. The van der Waals surface area contributed by atoms with Crippen LogP contribution in [0.2, 0.25) is 0 Å². The van der Waals surface area contributed by atoms with E-state index in [2.05, 4.69) is 21.9 Å². The lowest BCUT2D eigenvalue weighted by Gasteiger charge is -2.16. The van der Waals surface area contributed by atoms with Gasteiger partial charge in [-0.25, -0.2) is 0 Å². The molecule has 0 aromatic rings. The third-order valence-electron chi connectivity index (χ3n) is 3.20. The molecule has 15 heavy (non-hydrogen) atoms. The van der Waals surface area contributed by atoms with Gasteiger partial charge in [-0.2, -0.15) is 11.8 Å². The summed E-state index contributed by atoms with van der Waals surface area (Å²) < 4.78 is 0. The van der Waals surface area contributed by atoms with Gasteiger partial charge in [-0.05, 0) is 38.4 Å². The molecular weight excluding hydrogens is 206 g/mol. The van der Waals surface area contributed by atoms with Crippen LogP contribution in [0, 0.1) is 0 Å². The fourth-order valence-corrected chi connectivity index (χ4v) is 2.87. The molecule has 2 unspecified atom stereocenters. The molecule has 0 amide bonds. The second kappa shape index (κ2) is 5.10. The highest BCUT2D eigenvalue weighted by Gasteiger charge is 2.27. The Morgan fingerprint density at radius 3 is 2.33 bits per heavy atom. The number of rotatable bonds is 3. The van der Waals surface area contributed by atoms with Crippen LogP contribution in [0.25, 0.3) is 0 Å². The minimum atomic E-state index is 0.632. The maximum atomic E-state index is 4.27. The SMILES string of the molecule is CN=C(NC1CC1)NC1CCC(SC)C1. The zero-order valence-corrected chi connectivity index (χ0v) is 10.4. The fourth-order valence-electron chi connectivity index (χ4n) is 2.07.